The van der Waals surface area contributed by atoms with E-state index in [0.29, 0.717) is 12.8 Å². The van der Waals surface area contributed by atoms with Crippen molar-refractivity contribution >= 4 is 17.4 Å². The summed E-state index contributed by atoms with van der Waals surface area (Å²) in [7, 11) is 0. The molecule has 0 saturated carbocycles. The van der Waals surface area contributed by atoms with Gasteiger partial charge in [0.1, 0.15) is 5.78 Å². The number of aromatic nitrogens is 1. The van der Waals surface area contributed by atoms with E-state index in [1.807, 2.05) is 62.5 Å². The van der Waals surface area contributed by atoms with Gasteiger partial charge in [0.2, 0.25) is 0 Å². The molecule has 0 radical (unpaired) electrons. The quantitative estimate of drug-likeness (QED) is 0.536. The van der Waals surface area contributed by atoms with Crippen LogP contribution in [0.4, 0.5) is 0 Å². The number of rotatable bonds is 6. The first-order chi connectivity index (χ1) is 12.5. The minimum absolute atomic E-state index is 0.121. The second-order valence-corrected chi connectivity index (χ2v) is 7.13. The zero-order valence-corrected chi connectivity index (χ0v) is 15.8. The monoisotopic (exact) mass is 363 g/mol. The SMILES string of the molecule is Cc1cc(-c2ccc(CC(=O)CC(C)c3ccccc3Cl)cc2)ccn1. The third-order valence-electron chi connectivity index (χ3n) is 4.56. The summed E-state index contributed by atoms with van der Waals surface area (Å²) in [5.41, 5.74) is 5.34. The summed E-state index contributed by atoms with van der Waals surface area (Å²) >= 11 is 6.23. The number of hydrogen-bond donors (Lipinski definition) is 0. The van der Waals surface area contributed by atoms with Crippen molar-refractivity contribution in [1.29, 1.82) is 0 Å². The lowest BCUT2D eigenvalue weighted by Crippen LogP contribution is -2.08. The molecule has 0 spiro atoms. The van der Waals surface area contributed by atoms with Crippen LogP contribution < -0.4 is 0 Å². The molecule has 0 aliphatic heterocycles. The maximum Gasteiger partial charge on any atom is 0.137 e. The molecule has 1 unspecified atom stereocenters. The van der Waals surface area contributed by atoms with Crippen LogP contribution in [-0.2, 0) is 11.2 Å². The zero-order chi connectivity index (χ0) is 18.5. The molecular formula is C23H22ClNO. The molecule has 2 nitrogen and oxygen atoms in total. The van der Waals surface area contributed by atoms with Gasteiger partial charge in [-0.2, -0.15) is 0 Å². The molecule has 0 amide bonds. The first-order valence-corrected chi connectivity index (χ1v) is 9.19. The van der Waals surface area contributed by atoms with Crippen LogP contribution in [0.5, 0.6) is 0 Å². The first-order valence-electron chi connectivity index (χ1n) is 8.81. The maximum absolute atomic E-state index is 12.5. The van der Waals surface area contributed by atoms with Gasteiger partial charge in [0, 0.05) is 29.8 Å². The Balaban J connectivity index is 1.64. The number of nitrogens with zero attached hydrogens (tertiary/aromatic N) is 1. The topological polar surface area (TPSA) is 30.0 Å². The summed E-state index contributed by atoms with van der Waals surface area (Å²) in [6, 6.07) is 20.0. The third kappa shape index (κ3) is 4.59. The first kappa shape index (κ1) is 18.3. The highest BCUT2D eigenvalue weighted by Gasteiger charge is 2.14. The molecule has 0 aliphatic rings. The van der Waals surface area contributed by atoms with E-state index in [2.05, 4.69) is 23.2 Å². The van der Waals surface area contributed by atoms with Crippen LogP contribution in [0, 0.1) is 6.92 Å². The van der Waals surface area contributed by atoms with E-state index >= 15 is 0 Å². The average Bonchev–Trinajstić information content (AvgIpc) is 2.62. The van der Waals surface area contributed by atoms with Crippen molar-refractivity contribution in [2.45, 2.75) is 32.6 Å². The fourth-order valence-electron chi connectivity index (χ4n) is 3.17. The summed E-state index contributed by atoms with van der Waals surface area (Å²) in [6.07, 6.45) is 2.76. The average molecular weight is 364 g/mol. The predicted molar refractivity (Wildman–Crippen MR) is 108 cm³/mol. The number of pyridine rings is 1. The summed E-state index contributed by atoms with van der Waals surface area (Å²) < 4.78 is 0. The molecule has 1 atom stereocenters. The second-order valence-electron chi connectivity index (χ2n) is 6.72. The Bertz CT molecular complexity index is 902. The van der Waals surface area contributed by atoms with Gasteiger partial charge < -0.3 is 0 Å². The van der Waals surface area contributed by atoms with Crippen molar-refractivity contribution in [3.8, 4) is 11.1 Å². The molecule has 3 heteroatoms. The number of benzene rings is 2. The van der Waals surface area contributed by atoms with Crippen molar-refractivity contribution in [2.75, 3.05) is 0 Å². The Morgan fingerprint density at radius 3 is 2.46 bits per heavy atom. The molecular weight excluding hydrogens is 342 g/mol. The maximum atomic E-state index is 12.5. The number of hydrogen-bond acceptors (Lipinski definition) is 2. The molecule has 0 saturated heterocycles. The van der Waals surface area contributed by atoms with Crippen LogP contribution in [0.25, 0.3) is 11.1 Å². The van der Waals surface area contributed by atoms with Gasteiger partial charge in [-0.25, -0.2) is 0 Å². The normalized spacial score (nSPS) is 12.0. The van der Waals surface area contributed by atoms with Gasteiger partial charge in [0.25, 0.3) is 0 Å². The highest BCUT2D eigenvalue weighted by Crippen LogP contribution is 2.27. The standard InChI is InChI=1S/C23H22ClNO/c1-16(22-5-3-4-6-23(22)24)13-21(26)15-18-7-9-19(10-8-18)20-11-12-25-17(2)14-20/h3-12,14,16H,13,15H2,1-2H3. The zero-order valence-electron chi connectivity index (χ0n) is 15.1. The fourth-order valence-corrected chi connectivity index (χ4v) is 3.49. The van der Waals surface area contributed by atoms with Crippen molar-refractivity contribution in [3.05, 3.63) is 88.7 Å². The van der Waals surface area contributed by atoms with Crippen LogP contribution in [0.1, 0.15) is 36.1 Å². The van der Waals surface area contributed by atoms with Crippen LogP contribution in [-0.4, -0.2) is 10.8 Å². The van der Waals surface area contributed by atoms with E-state index in [9.17, 15) is 4.79 Å². The van der Waals surface area contributed by atoms with E-state index < -0.39 is 0 Å². The molecule has 132 valence electrons. The van der Waals surface area contributed by atoms with Crippen LogP contribution in [0.2, 0.25) is 5.02 Å². The van der Waals surface area contributed by atoms with Crippen molar-refractivity contribution in [3.63, 3.8) is 0 Å². The fraction of sp³-hybridized carbons (Fsp3) is 0.217. The highest BCUT2D eigenvalue weighted by atomic mass is 35.5. The molecule has 0 aliphatic carbocycles. The van der Waals surface area contributed by atoms with E-state index in [1.165, 1.54) is 0 Å². The number of Topliss-reactive ketones (excluding diaryl/α,β-unsaturated/α-hetero) is 1. The van der Waals surface area contributed by atoms with E-state index in [0.717, 1.165) is 33.0 Å². The van der Waals surface area contributed by atoms with Gasteiger partial charge >= 0.3 is 0 Å². The molecule has 3 rings (SSSR count). The Hall–Kier alpha value is -2.45. The van der Waals surface area contributed by atoms with Gasteiger partial charge in [-0.1, -0.05) is 61.0 Å². The summed E-state index contributed by atoms with van der Waals surface area (Å²) in [5.74, 6) is 0.347. The Kier molecular flexibility index (Phi) is 5.85. The second kappa shape index (κ2) is 8.29. The summed E-state index contributed by atoms with van der Waals surface area (Å²) in [4.78, 5) is 16.7. The van der Waals surface area contributed by atoms with Gasteiger partial charge in [-0.05, 0) is 53.3 Å². The Labute approximate surface area is 159 Å². The van der Waals surface area contributed by atoms with Gasteiger partial charge in [-0.3, -0.25) is 9.78 Å². The number of carbonyl (C=O) groups is 1. The van der Waals surface area contributed by atoms with Crippen molar-refractivity contribution < 1.29 is 4.79 Å². The number of carbonyl (C=O) groups excluding carboxylic acids is 1. The molecule has 26 heavy (non-hydrogen) atoms. The minimum Gasteiger partial charge on any atom is -0.299 e. The smallest absolute Gasteiger partial charge is 0.137 e. The summed E-state index contributed by atoms with van der Waals surface area (Å²) in [6.45, 7) is 4.03. The molecule has 0 bridgehead atoms. The van der Waals surface area contributed by atoms with Crippen LogP contribution in [0.15, 0.2) is 66.9 Å². The van der Waals surface area contributed by atoms with Crippen molar-refractivity contribution in [1.82, 2.24) is 4.98 Å². The molecule has 0 fully saturated rings. The lowest BCUT2D eigenvalue weighted by molar-refractivity contribution is -0.118. The van der Waals surface area contributed by atoms with E-state index in [4.69, 9.17) is 11.6 Å². The third-order valence-corrected chi connectivity index (χ3v) is 4.90. The highest BCUT2D eigenvalue weighted by molar-refractivity contribution is 6.31. The van der Waals surface area contributed by atoms with Crippen LogP contribution >= 0.6 is 11.6 Å². The number of aryl methyl sites for hydroxylation is 1. The van der Waals surface area contributed by atoms with Crippen molar-refractivity contribution in [2.24, 2.45) is 0 Å². The summed E-state index contributed by atoms with van der Waals surface area (Å²) in [5, 5.41) is 0.727. The molecule has 2 aromatic carbocycles. The molecule has 3 aromatic rings. The minimum atomic E-state index is 0.121. The Morgan fingerprint density at radius 1 is 1.04 bits per heavy atom. The predicted octanol–water partition coefficient (Wildman–Crippen LogP) is 6.02. The number of ketones is 1. The lowest BCUT2D eigenvalue weighted by Gasteiger charge is -2.13. The van der Waals surface area contributed by atoms with E-state index in [1.54, 1.807) is 0 Å². The number of halogens is 1. The molecule has 1 heterocycles. The molecule has 0 N–H and O–H groups in total. The Morgan fingerprint density at radius 2 is 1.77 bits per heavy atom. The van der Waals surface area contributed by atoms with Gasteiger partial charge in [0.05, 0.1) is 0 Å². The largest absolute Gasteiger partial charge is 0.299 e. The van der Waals surface area contributed by atoms with E-state index in [-0.39, 0.29) is 11.7 Å². The van der Waals surface area contributed by atoms with Gasteiger partial charge in [0.15, 0.2) is 0 Å². The van der Waals surface area contributed by atoms with Gasteiger partial charge in [-0.15, -0.1) is 0 Å². The lowest BCUT2D eigenvalue weighted by atomic mass is 9.93. The van der Waals surface area contributed by atoms with Crippen LogP contribution in [0.3, 0.4) is 0 Å². The molecule has 1 aromatic heterocycles.